The van der Waals surface area contributed by atoms with Gasteiger partial charge in [0.05, 0.1) is 26.0 Å². The second kappa shape index (κ2) is 8.97. The number of morpholine rings is 1. The number of anilines is 2. The first kappa shape index (κ1) is 20.5. The number of amides is 2. The third-order valence-corrected chi connectivity index (χ3v) is 6.08. The van der Waals surface area contributed by atoms with Crippen molar-refractivity contribution in [3.8, 4) is 0 Å². The molecule has 3 aromatic rings. The van der Waals surface area contributed by atoms with E-state index in [1.165, 1.54) is 0 Å². The minimum absolute atomic E-state index is 0.0937. The summed E-state index contributed by atoms with van der Waals surface area (Å²) in [5.41, 5.74) is 1.76. The summed E-state index contributed by atoms with van der Waals surface area (Å²) in [7, 11) is 0. The monoisotopic (exact) mass is 452 g/mol. The van der Waals surface area contributed by atoms with Crippen molar-refractivity contribution in [1.29, 1.82) is 0 Å². The number of urea groups is 1. The maximum Gasteiger partial charge on any atom is 0.321 e. The first-order valence-corrected chi connectivity index (χ1v) is 11.1. The van der Waals surface area contributed by atoms with Crippen LogP contribution < -0.4 is 10.6 Å². The fraction of sp³-hybridized carbons (Fsp3) is 0.286. The van der Waals surface area contributed by atoms with E-state index < -0.39 is 0 Å². The lowest BCUT2D eigenvalue weighted by molar-refractivity contribution is 0.0564. The van der Waals surface area contributed by atoms with E-state index in [9.17, 15) is 4.79 Å². The molecule has 2 aliphatic rings. The van der Waals surface area contributed by atoms with E-state index in [1.807, 2.05) is 54.2 Å². The van der Waals surface area contributed by atoms with E-state index >= 15 is 0 Å². The maximum atomic E-state index is 12.4. The van der Waals surface area contributed by atoms with Gasteiger partial charge in [-0.05, 0) is 43.1 Å². The van der Waals surface area contributed by atoms with Crippen LogP contribution in [0.4, 0.5) is 16.3 Å². The number of aryl methyl sites for hydroxylation is 1. The smallest absolute Gasteiger partial charge is 0.321 e. The Morgan fingerprint density at radius 1 is 1.22 bits per heavy atom. The number of carbonyl (C=O) groups is 1. The second-order valence-electron chi connectivity index (χ2n) is 7.51. The Balaban J connectivity index is 1.25. The van der Waals surface area contributed by atoms with Crippen LogP contribution in [-0.2, 0) is 11.3 Å². The zero-order valence-electron chi connectivity index (χ0n) is 17.6. The highest BCUT2D eigenvalue weighted by Gasteiger charge is 2.20. The van der Waals surface area contributed by atoms with Crippen LogP contribution in [0.2, 0.25) is 0 Å². The zero-order valence-corrected chi connectivity index (χ0v) is 18.4. The molecule has 4 heterocycles. The molecule has 32 heavy (non-hydrogen) atoms. The summed E-state index contributed by atoms with van der Waals surface area (Å²) in [6, 6.07) is 9.69. The molecular formula is C21H24N8O2S. The number of hydrogen-bond donors (Lipinski definition) is 3. The van der Waals surface area contributed by atoms with Crippen molar-refractivity contribution in [3.05, 3.63) is 60.4 Å². The molecule has 2 aromatic heterocycles. The fourth-order valence-electron chi connectivity index (χ4n) is 3.52. The van der Waals surface area contributed by atoms with Crippen LogP contribution in [0.3, 0.4) is 0 Å². The molecule has 3 N–H and O–H groups in total. The highest BCUT2D eigenvalue weighted by atomic mass is 32.2. The van der Waals surface area contributed by atoms with Gasteiger partial charge in [0.2, 0.25) is 0 Å². The Morgan fingerprint density at radius 3 is 2.78 bits per heavy atom. The Morgan fingerprint density at radius 2 is 2.03 bits per heavy atom. The molecule has 2 amide bonds. The lowest BCUT2D eigenvalue weighted by Gasteiger charge is -2.27. The first-order valence-electron chi connectivity index (χ1n) is 10.4. The van der Waals surface area contributed by atoms with Crippen molar-refractivity contribution >= 4 is 35.3 Å². The van der Waals surface area contributed by atoms with Crippen molar-refractivity contribution in [1.82, 2.24) is 29.0 Å². The van der Waals surface area contributed by atoms with Gasteiger partial charge in [-0.3, -0.25) is 9.67 Å². The van der Waals surface area contributed by atoms with Crippen LogP contribution in [0, 0.1) is 6.92 Å². The van der Waals surface area contributed by atoms with Crippen LogP contribution >= 0.6 is 11.9 Å². The highest BCUT2D eigenvalue weighted by Crippen LogP contribution is 2.30. The Labute approximate surface area is 189 Å². The molecule has 1 aromatic carbocycles. The number of benzene rings is 1. The number of aromatic nitrogens is 4. The second-order valence-corrected chi connectivity index (χ2v) is 8.63. The molecule has 0 unspecified atom stereocenters. The van der Waals surface area contributed by atoms with Crippen molar-refractivity contribution in [2.24, 2.45) is 0 Å². The van der Waals surface area contributed by atoms with Gasteiger partial charge in [-0.1, -0.05) is 0 Å². The van der Waals surface area contributed by atoms with Gasteiger partial charge in [0.1, 0.15) is 11.6 Å². The normalized spacial score (nSPS) is 15.8. The van der Waals surface area contributed by atoms with E-state index in [4.69, 9.17) is 4.74 Å². The van der Waals surface area contributed by atoms with E-state index in [1.54, 1.807) is 23.0 Å². The summed E-state index contributed by atoms with van der Waals surface area (Å²) in [6.45, 7) is 5.03. The number of nitrogens with zero attached hydrogens (tertiary/aromatic N) is 5. The molecule has 166 valence electrons. The van der Waals surface area contributed by atoms with Crippen molar-refractivity contribution in [3.63, 3.8) is 0 Å². The molecule has 1 fully saturated rings. The van der Waals surface area contributed by atoms with Crippen molar-refractivity contribution in [2.45, 2.75) is 18.4 Å². The van der Waals surface area contributed by atoms with E-state index in [-0.39, 0.29) is 6.03 Å². The lowest BCUT2D eigenvalue weighted by Crippen LogP contribution is -2.43. The summed E-state index contributed by atoms with van der Waals surface area (Å²) in [6.07, 6.45) is 5.76. The number of rotatable bonds is 5. The number of carbonyl (C=O) groups excluding carboxylic acids is 1. The SMILES string of the molecule is Cc1cc(NC2=CN(Sc3ccc(NC(=O)N4CCOCC4)cc3)Cc3nccn32)n[nH]1. The van der Waals surface area contributed by atoms with Gasteiger partial charge in [-0.2, -0.15) is 5.10 Å². The number of hydrogen-bond acceptors (Lipinski definition) is 7. The Kier molecular flexibility index (Phi) is 5.73. The number of nitrogens with one attached hydrogen (secondary N) is 3. The molecular weight excluding hydrogens is 428 g/mol. The lowest BCUT2D eigenvalue weighted by atomic mass is 10.3. The highest BCUT2D eigenvalue weighted by molar-refractivity contribution is 7.97. The predicted molar refractivity (Wildman–Crippen MR) is 123 cm³/mol. The summed E-state index contributed by atoms with van der Waals surface area (Å²) < 4.78 is 9.43. The minimum Gasteiger partial charge on any atom is -0.378 e. The molecule has 0 radical (unpaired) electrons. The molecule has 0 saturated carbocycles. The van der Waals surface area contributed by atoms with Crippen molar-refractivity contribution in [2.75, 3.05) is 36.9 Å². The Hall–Kier alpha value is -3.44. The number of fused-ring (bicyclic) bond motifs is 1. The standard InChI is InChI=1S/C21H24N8O2S/c1-15-12-18(26-25-15)24-20-14-28(13-19-22-6-7-29(19)20)32-17-4-2-16(3-5-17)23-21(30)27-8-10-31-11-9-27/h2-7,12,14H,8-11,13H2,1H3,(H,23,30)(H2,24,25,26). The number of H-pyrrole nitrogens is 1. The average molecular weight is 453 g/mol. The summed E-state index contributed by atoms with van der Waals surface area (Å²) in [4.78, 5) is 19.7. The largest absolute Gasteiger partial charge is 0.378 e. The molecule has 0 atom stereocenters. The molecule has 5 rings (SSSR count). The quantitative estimate of drug-likeness (QED) is 0.511. The third kappa shape index (κ3) is 4.58. The third-order valence-electron chi connectivity index (χ3n) is 5.13. The van der Waals surface area contributed by atoms with E-state index in [0.29, 0.717) is 32.8 Å². The van der Waals surface area contributed by atoms with Gasteiger partial charge >= 0.3 is 6.03 Å². The molecule has 11 heteroatoms. The molecule has 0 bridgehead atoms. The van der Waals surface area contributed by atoms with E-state index in [0.717, 1.165) is 33.7 Å². The van der Waals surface area contributed by atoms with Crippen LogP contribution in [0.25, 0.3) is 5.82 Å². The van der Waals surface area contributed by atoms with E-state index in [2.05, 4.69) is 30.1 Å². The summed E-state index contributed by atoms with van der Waals surface area (Å²) >= 11 is 1.60. The first-order chi connectivity index (χ1) is 15.6. The van der Waals surface area contributed by atoms with Gasteiger partial charge in [0.25, 0.3) is 0 Å². The van der Waals surface area contributed by atoms with Gasteiger partial charge in [0, 0.05) is 47.8 Å². The van der Waals surface area contributed by atoms with Crippen LogP contribution in [0.15, 0.2) is 53.8 Å². The van der Waals surface area contributed by atoms with Gasteiger partial charge in [0.15, 0.2) is 5.82 Å². The Bertz CT molecular complexity index is 1120. The fourth-order valence-corrected chi connectivity index (χ4v) is 4.38. The summed E-state index contributed by atoms with van der Waals surface area (Å²) in [5, 5.41) is 13.5. The van der Waals surface area contributed by atoms with Gasteiger partial charge < -0.3 is 24.6 Å². The molecule has 10 nitrogen and oxygen atoms in total. The van der Waals surface area contributed by atoms with Crippen molar-refractivity contribution < 1.29 is 9.53 Å². The minimum atomic E-state index is -0.0937. The number of ether oxygens (including phenoxy) is 1. The van der Waals surface area contributed by atoms with Crippen LogP contribution in [0.5, 0.6) is 0 Å². The molecule has 1 saturated heterocycles. The van der Waals surface area contributed by atoms with Gasteiger partial charge in [-0.15, -0.1) is 0 Å². The number of imidazole rings is 1. The molecule has 2 aliphatic heterocycles. The van der Waals surface area contributed by atoms with Gasteiger partial charge in [-0.25, -0.2) is 9.78 Å². The molecule has 0 spiro atoms. The molecule has 0 aliphatic carbocycles. The predicted octanol–water partition coefficient (Wildman–Crippen LogP) is 3.17. The summed E-state index contributed by atoms with van der Waals surface area (Å²) in [5.74, 6) is 2.56. The number of aromatic amines is 1. The average Bonchev–Trinajstić information content (AvgIpc) is 3.44. The van der Waals surface area contributed by atoms with Crippen LogP contribution in [-0.4, -0.2) is 61.3 Å². The topological polar surface area (TPSA) is 103 Å². The maximum absolute atomic E-state index is 12.4. The van der Waals surface area contributed by atoms with Crippen LogP contribution in [0.1, 0.15) is 11.5 Å². The zero-order chi connectivity index (χ0) is 21.9.